The van der Waals surface area contributed by atoms with Crippen molar-refractivity contribution in [3.05, 3.63) is 139 Å². The minimum Gasteiger partial charge on any atom is -0.487 e. The SMILES string of the molecule is Nc1c(OCc2ccc(-n3c4ccc5ccccc5c4c4c5ccccc5ccc43)cc2)ccc2oc3ccccc3c12. The standard InChI is InChI=1S/C39H26N2O2/c40-39-35(22-21-34-38(39)30-11-5-6-12-33(30)43-34)42-23-24-13-17-27(18-14-24)41-31-19-15-25-7-1-3-9-28(25)36(31)37-29-10-4-2-8-26(29)16-20-32(37)41/h1-22H,23,40H2. The van der Waals surface area contributed by atoms with Gasteiger partial charge in [0.05, 0.1) is 22.1 Å². The van der Waals surface area contributed by atoms with Crippen LogP contribution in [0.4, 0.5) is 5.69 Å². The lowest BCUT2D eigenvalue weighted by Crippen LogP contribution is -2.00. The Bertz CT molecular complexity index is 2430. The molecule has 4 heteroatoms. The first-order chi connectivity index (χ1) is 21.2. The molecule has 0 aliphatic rings. The van der Waals surface area contributed by atoms with Gasteiger partial charge < -0.3 is 19.5 Å². The largest absolute Gasteiger partial charge is 0.487 e. The van der Waals surface area contributed by atoms with Crippen LogP contribution in [-0.4, -0.2) is 4.57 Å². The Morgan fingerprint density at radius 2 is 1.14 bits per heavy atom. The molecule has 0 fully saturated rings. The molecule has 0 amide bonds. The van der Waals surface area contributed by atoms with Crippen molar-refractivity contribution in [1.29, 1.82) is 0 Å². The summed E-state index contributed by atoms with van der Waals surface area (Å²) >= 11 is 0. The Hall–Kier alpha value is -5.74. The van der Waals surface area contributed by atoms with Crippen LogP contribution in [0.1, 0.15) is 5.56 Å². The first kappa shape index (κ1) is 23.9. The molecule has 0 aliphatic carbocycles. The maximum atomic E-state index is 6.58. The molecule has 7 aromatic carbocycles. The third-order valence-electron chi connectivity index (χ3n) is 8.68. The first-order valence-electron chi connectivity index (χ1n) is 14.5. The van der Waals surface area contributed by atoms with Crippen molar-refractivity contribution in [2.75, 3.05) is 5.73 Å². The van der Waals surface area contributed by atoms with Gasteiger partial charge in [-0.3, -0.25) is 0 Å². The van der Waals surface area contributed by atoms with Gasteiger partial charge in [-0.25, -0.2) is 0 Å². The number of nitrogen functional groups attached to an aromatic ring is 1. The van der Waals surface area contributed by atoms with Gasteiger partial charge >= 0.3 is 0 Å². The Labute approximate surface area is 247 Å². The molecule has 0 unspecified atom stereocenters. The molecule has 43 heavy (non-hydrogen) atoms. The number of fused-ring (bicyclic) bond motifs is 10. The average Bonchev–Trinajstić information content (AvgIpc) is 3.61. The number of ether oxygens (including phenoxy) is 1. The Morgan fingerprint density at radius 1 is 0.535 bits per heavy atom. The molecule has 0 aliphatic heterocycles. The highest BCUT2D eigenvalue weighted by atomic mass is 16.5. The van der Waals surface area contributed by atoms with Crippen molar-refractivity contribution in [2.45, 2.75) is 6.61 Å². The summed E-state index contributed by atoms with van der Waals surface area (Å²) in [7, 11) is 0. The number of nitrogens with two attached hydrogens (primary N) is 1. The molecule has 2 N–H and O–H groups in total. The lowest BCUT2D eigenvalue weighted by Gasteiger charge is -2.12. The van der Waals surface area contributed by atoms with E-state index in [0.29, 0.717) is 18.0 Å². The van der Waals surface area contributed by atoms with E-state index in [0.717, 1.165) is 33.2 Å². The van der Waals surface area contributed by atoms with Crippen LogP contribution < -0.4 is 10.5 Å². The molecule has 0 atom stereocenters. The summed E-state index contributed by atoms with van der Waals surface area (Å²) in [4.78, 5) is 0. The summed E-state index contributed by atoms with van der Waals surface area (Å²) in [5.41, 5.74) is 13.3. The number of aromatic nitrogens is 1. The van der Waals surface area contributed by atoms with E-state index >= 15 is 0 Å². The topological polar surface area (TPSA) is 53.3 Å². The second kappa shape index (κ2) is 9.13. The highest BCUT2D eigenvalue weighted by Gasteiger charge is 2.17. The monoisotopic (exact) mass is 554 g/mol. The van der Waals surface area contributed by atoms with E-state index in [1.165, 1.54) is 43.4 Å². The van der Waals surface area contributed by atoms with Crippen molar-refractivity contribution in [3.8, 4) is 11.4 Å². The molecule has 204 valence electrons. The third kappa shape index (κ3) is 3.57. The molecule has 0 radical (unpaired) electrons. The number of rotatable bonds is 4. The number of nitrogens with zero attached hydrogens (tertiary/aromatic N) is 1. The molecule has 0 saturated heterocycles. The van der Waals surface area contributed by atoms with Crippen LogP contribution >= 0.6 is 0 Å². The minimum atomic E-state index is 0.411. The smallest absolute Gasteiger partial charge is 0.143 e. The van der Waals surface area contributed by atoms with Gasteiger partial charge in [0.25, 0.3) is 0 Å². The highest BCUT2D eigenvalue weighted by molar-refractivity contribution is 6.28. The van der Waals surface area contributed by atoms with Gasteiger partial charge in [-0.15, -0.1) is 0 Å². The molecule has 9 aromatic rings. The number of hydrogen-bond donors (Lipinski definition) is 1. The zero-order valence-corrected chi connectivity index (χ0v) is 23.2. The lowest BCUT2D eigenvalue weighted by molar-refractivity contribution is 0.308. The fourth-order valence-corrected chi connectivity index (χ4v) is 6.68. The number of hydrogen-bond acceptors (Lipinski definition) is 3. The van der Waals surface area contributed by atoms with Gasteiger partial charge in [0, 0.05) is 21.8 Å². The third-order valence-corrected chi connectivity index (χ3v) is 8.68. The van der Waals surface area contributed by atoms with Crippen molar-refractivity contribution in [1.82, 2.24) is 4.57 Å². The summed E-state index contributed by atoms with van der Waals surface area (Å²) in [6.45, 7) is 0.411. The molecule has 0 spiro atoms. The number of anilines is 1. The van der Waals surface area contributed by atoms with Gasteiger partial charge in [-0.05, 0) is 69.6 Å². The van der Waals surface area contributed by atoms with E-state index < -0.39 is 0 Å². The molecule has 0 bridgehead atoms. The number of para-hydroxylation sites is 1. The van der Waals surface area contributed by atoms with Crippen molar-refractivity contribution < 1.29 is 9.15 Å². The van der Waals surface area contributed by atoms with E-state index in [4.69, 9.17) is 14.9 Å². The van der Waals surface area contributed by atoms with Gasteiger partial charge in [0.15, 0.2) is 0 Å². The average molecular weight is 555 g/mol. The summed E-state index contributed by atoms with van der Waals surface area (Å²) in [6, 6.07) is 46.7. The van der Waals surface area contributed by atoms with Crippen LogP contribution in [0.5, 0.6) is 5.75 Å². The van der Waals surface area contributed by atoms with E-state index in [9.17, 15) is 0 Å². The van der Waals surface area contributed by atoms with Gasteiger partial charge in [-0.2, -0.15) is 0 Å². The molecule has 9 rings (SSSR count). The van der Waals surface area contributed by atoms with Crippen molar-refractivity contribution in [3.63, 3.8) is 0 Å². The fraction of sp³-hybridized carbons (Fsp3) is 0.0256. The summed E-state index contributed by atoms with van der Waals surface area (Å²) < 4.78 is 14.6. The van der Waals surface area contributed by atoms with E-state index in [2.05, 4.69) is 102 Å². The highest BCUT2D eigenvalue weighted by Crippen LogP contribution is 2.41. The Kier molecular flexibility index (Phi) is 5.08. The molecule has 4 nitrogen and oxygen atoms in total. The van der Waals surface area contributed by atoms with Crippen LogP contribution in [-0.2, 0) is 6.61 Å². The van der Waals surface area contributed by atoms with Crippen LogP contribution in [0, 0.1) is 0 Å². The lowest BCUT2D eigenvalue weighted by atomic mass is 10.00. The predicted octanol–water partition coefficient (Wildman–Crippen LogP) is 10.2. The van der Waals surface area contributed by atoms with E-state index in [1.54, 1.807) is 0 Å². The first-order valence-corrected chi connectivity index (χ1v) is 14.5. The predicted molar refractivity (Wildman–Crippen MR) is 178 cm³/mol. The van der Waals surface area contributed by atoms with Crippen molar-refractivity contribution in [2.24, 2.45) is 0 Å². The van der Waals surface area contributed by atoms with Crippen molar-refractivity contribution >= 4 is 71.0 Å². The Morgan fingerprint density at radius 3 is 1.81 bits per heavy atom. The quantitative estimate of drug-likeness (QED) is 0.220. The second-order valence-corrected chi connectivity index (χ2v) is 11.1. The second-order valence-electron chi connectivity index (χ2n) is 11.1. The molecular formula is C39H26N2O2. The zero-order valence-electron chi connectivity index (χ0n) is 23.2. The fourth-order valence-electron chi connectivity index (χ4n) is 6.68. The summed E-state index contributed by atoms with van der Waals surface area (Å²) in [5.74, 6) is 0.657. The molecule has 2 heterocycles. The van der Waals surface area contributed by atoms with Crippen LogP contribution in [0.25, 0.3) is 71.0 Å². The van der Waals surface area contributed by atoms with Gasteiger partial charge in [0.1, 0.15) is 23.5 Å². The normalized spacial score (nSPS) is 11.9. The zero-order chi connectivity index (χ0) is 28.5. The van der Waals surface area contributed by atoms with Crippen LogP contribution in [0.2, 0.25) is 0 Å². The molecular weight excluding hydrogens is 528 g/mol. The number of furan rings is 1. The molecule has 0 saturated carbocycles. The Balaban J connectivity index is 1.13. The van der Waals surface area contributed by atoms with E-state index in [1.807, 2.05) is 36.4 Å². The summed E-state index contributed by atoms with van der Waals surface area (Å²) in [5, 5.41) is 9.50. The minimum absolute atomic E-state index is 0.411. The molecule has 2 aromatic heterocycles. The number of benzene rings is 7. The maximum Gasteiger partial charge on any atom is 0.143 e. The summed E-state index contributed by atoms with van der Waals surface area (Å²) in [6.07, 6.45) is 0. The van der Waals surface area contributed by atoms with Crippen LogP contribution in [0.3, 0.4) is 0 Å². The maximum absolute atomic E-state index is 6.58. The van der Waals surface area contributed by atoms with Gasteiger partial charge in [-0.1, -0.05) is 91.0 Å². The van der Waals surface area contributed by atoms with E-state index in [-0.39, 0.29) is 0 Å². The van der Waals surface area contributed by atoms with Gasteiger partial charge in [0.2, 0.25) is 0 Å². The van der Waals surface area contributed by atoms with Crippen LogP contribution in [0.15, 0.2) is 138 Å².